The van der Waals surface area contributed by atoms with Crippen LogP contribution in [0, 0.1) is 5.92 Å². The average Bonchev–Trinajstić information content (AvgIpc) is 2.74. The highest BCUT2D eigenvalue weighted by Crippen LogP contribution is 2.26. The quantitative estimate of drug-likeness (QED) is 0.640. The zero-order valence-corrected chi connectivity index (χ0v) is 17.0. The summed E-state index contributed by atoms with van der Waals surface area (Å²) in [5.74, 6) is 0.858. The Morgan fingerprint density at radius 1 is 1.07 bits per heavy atom. The van der Waals surface area contributed by atoms with E-state index in [0.29, 0.717) is 6.54 Å². The number of nitrogens with one attached hydrogen (secondary N) is 1. The second-order valence-corrected chi connectivity index (χ2v) is 7.83. The van der Waals surface area contributed by atoms with E-state index < -0.39 is 0 Å². The first-order valence-electron chi connectivity index (χ1n) is 9.38. The van der Waals surface area contributed by atoms with Gasteiger partial charge in [0.1, 0.15) is 12.1 Å². The fraction of sp³-hybridized carbons (Fsp3) is 0.227. The van der Waals surface area contributed by atoms with Crippen molar-refractivity contribution < 1.29 is 4.79 Å². The number of amides is 1. The molecule has 142 valence electrons. The second kappa shape index (κ2) is 8.52. The largest absolute Gasteiger partial charge is 0.356 e. The fourth-order valence-corrected chi connectivity index (χ4v) is 3.90. The molecule has 4 rings (SSSR count). The van der Waals surface area contributed by atoms with Crippen LogP contribution in [0.25, 0.3) is 11.3 Å². The van der Waals surface area contributed by atoms with Crippen LogP contribution < -0.4 is 10.2 Å². The SMILES string of the molecule is O=C(Nc1cccc(Br)c1)C1CCCN(c2cc(-c3ccccc3)ncn2)C1. The van der Waals surface area contributed by atoms with Crippen molar-refractivity contribution in [2.45, 2.75) is 12.8 Å². The van der Waals surface area contributed by atoms with Crippen LogP contribution in [-0.2, 0) is 4.79 Å². The number of rotatable bonds is 4. The molecular formula is C22H21BrN4O. The summed E-state index contributed by atoms with van der Waals surface area (Å²) >= 11 is 3.44. The molecule has 5 nitrogen and oxygen atoms in total. The van der Waals surface area contributed by atoms with Crippen molar-refractivity contribution in [1.29, 1.82) is 0 Å². The van der Waals surface area contributed by atoms with Gasteiger partial charge in [0.15, 0.2) is 0 Å². The van der Waals surface area contributed by atoms with Crippen molar-refractivity contribution in [3.63, 3.8) is 0 Å². The lowest BCUT2D eigenvalue weighted by molar-refractivity contribution is -0.120. The van der Waals surface area contributed by atoms with Crippen LogP contribution in [0.15, 0.2) is 71.5 Å². The summed E-state index contributed by atoms with van der Waals surface area (Å²) in [6.45, 7) is 1.55. The summed E-state index contributed by atoms with van der Waals surface area (Å²) in [4.78, 5) is 23.8. The van der Waals surface area contributed by atoms with Crippen molar-refractivity contribution >= 4 is 33.3 Å². The van der Waals surface area contributed by atoms with Crippen molar-refractivity contribution in [2.75, 3.05) is 23.3 Å². The van der Waals surface area contributed by atoms with E-state index in [2.05, 4.69) is 36.1 Å². The maximum atomic E-state index is 12.8. The summed E-state index contributed by atoms with van der Waals surface area (Å²) in [5.41, 5.74) is 2.77. The van der Waals surface area contributed by atoms with E-state index in [4.69, 9.17) is 0 Å². The Hall–Kier alpha value is -2.73. The lowest BCUT2D eigenvalue weighted by Crippen LogP contribution is -2.41. The number of anilines is 2. The van der Waals surface area contributed by atoms with Gasteiger partial charge in [0.2, 0.25) is 5.91 Å². The molecule has 1 N–H and O–H groups in total. The van der Waals surface area contributed by atoms with E-state index in [1.165, 1.54) is 0 Å². The molecule has 1 aliphatic rings. The summed E-state index contributed by atoms with van der Waals surface area (Å²) in [6.07, 6.45) is 3.44. The highest BCUT2D eigenvalue weighted by atomic mass is 79.9. The molecule has 2 heterocycles. The van der Waals surface area contributed by atoms with Crippen LogP contribution in [0.1, 0.15) is 12.8 Å². The van der Waals surface area contributed by atoms with E-state index >= 15 is 0 Å². The number of carbonyl (C=O) groups is 1. The molecule has 0 radical (unpaired) electrons. The van der Waals surface area contributed by atoms with Crippen molar-refractivity contribution in [1.82, 2.24) is 9.97 Å². The number of hydrogen-bond donors (Lipinski definition) is 1. The number of carbonyl (C=O) groups excluding carboxylic acids is 1. The summed E-state index contributed by atoms with van der Waals surface area (Å²) in [6, 6.07) is 19.7. The monoisotopic (exact) mass is 436 g/mol. The van der Waals surface area contributed by atoms with Crippen molar-refractivity contribution in [2.24, 2.45) is 5.92 Å². The first kappa shape index (κ1) is 18.6. The van der Waals surface area contributed by atoms with Crippen LogP contribution in [0.5, 0.6) is 0 Å². The Balaban J connectivity index is 1.47. The molecular weight excluding hydrogens is 416 g/mol. The number of nitrogens with zero attached hydrogens (tertiary/aromatic N) is 3. The first-order valence-corrected chi connectivity index (χ1v) is 10.2. The van der Waals surface area contributed by atoms with Gasteiger partial charge in [-0.3, -0.25) is 4.79 Å². The number of piperidine rings is 1. The van der Waals surface area contributed by atoms with Gasteiger partial charge in [0, 0.05) is 34.9 Å². The molecule has 1 amide bonds. The summed E-state index contributed by atoms with van der Waals surface area (Å²) in [7, 11) is 0. The molecule has 1 aromatic heterocycles. The summed E-state index contributed by atoms with van der Waals surface area (Å²) < 4.78 is 0.949. The Bertz CT molecular complexity index is 964. The Morgan fingerprint density at radius 3 is 2.75 bits per heavy atom. The fourth-order valence-electron chi connectivity index (χ4n) is 3.50. The first-order chi connectivity index (χ1) is 13.7. The maximum Gasteiger partial charge on any atom is 0.229 e. The molecule has 3 aromatic rings. The third kappa shape index (κ3) is 4.39. The minimum Gasteiger partial charge on any atom is -0.356 e. The minimum absolute atomic E-state index is 0.0557. The molecule has 28 heavy (non-hydrogen) atoms. The van der Waals surface area contributed by atoms with Gasteiger partial charge in [-0.15, -0.1) is 0 Å². The molecule has 0 spiro atoms. The number of benzene rings is 2. The molecule has 2 aromatic carbocycles. The van der Waals surface area contributed by atoms with Gasteiger partial charge in [-0.1, -0.05) is 52.3 Å². The van der Waals surface area contributed by atoms with Crippen LogP contribution in [0.2, 0.25) is 0 Å². The van der Waals surface area contributed by atoms with Crippen LogP contribution in [0.4, 0.5) is 11.5 Å². The average molecular weight is 437 g/mol. The molecule has 0 saturated carbocycles. The van der Waals surface area contributed by atoms with E-state index in [9.17, 15) is 4.79 Å². The zero-order valence-electron chi connectivity index (χ0n) is 15.4. The third-order valence-electron chi connectivity index (χ3n) is 4.93. The van der Waals surface area contributed by atoms with E-state index in [1.54, 1.807) is 6.33 Å². The van der Waals surface area contributed by atoms with Gasteiger partial charge in [-0.05, 0) is 31.0 Å². The Morgan fingerprint density at radius 2 is 1.93 bits per heavy atom. The van der Waals surface area contributed by atoms with Gasteiger partial charge < -0.3 is 10.2 Å². The van der Waals surface area contributed by atoms with Crippen molar-refractivity contribution in [3.05, 3.63) is 71.5 Å². The summed E-state index contributed by atoms with van der Waals surface area (Å²) in [5, 5.41) is 3.03. The molecule has 1 atom stereocenters. The minimum atomic E-state index is -0.0668. The second-order valence-electron chi connectivity index (χ2n) is 6.91. The molecule has 1 aliphatic heterocycles. The molecule has 1 fully saturated rings. The molecule has 1 saturated heterocycles. The van der Waals surface area contributed by atoms with Gasteiger partial charge in [-0.25, -0.2) is 9.97 Å². The van der Waals surface area contributed by atoms with Crippen LogP contribution in [0.3, 0.4) is 0 Å². The maximum absolute atomic E-state index is 12.8. The number of hydrogen-bond acceptors (Lipinski definition) is 4. The molecule has 1 unspecified atom stereocenters. The molecule has 6 heteroatoms. The highest BCUT2D eigenvalue weighted by Gasteiger charge is 2.27. The van der Waals surface area contributed by atoms with Crippen LogP contribution >= 0.6 is 15.9 Å². The zero-order chi connectivity index (χ0) is 19.3. The lowest BCUT2D eigenvalue weighted by atomic mass is 9.97. The Kier molecular flexibility index (Phi) is 5.67. The lowest BCUT2D eigenvalue weighted by Gasteiger charge is -2.33. The standard InChI is InChI=1S/C22H21BrN4O/c23-18-9-4-10-19(12-18)26-22(28)17-8-5-11-27(14-17)21-13-20(24-15-25-21)16-6-2-1-3-7-16/h1-4,6-7,9-10,12-13,15,17H,5,8,11,14H2,(H,26,28). The predicted octanol–water partition coefficient (Wildman–Crippen LogP) is 4.76. The predicted molar refractivity (Wildman–Crippen MR) is 115 cm³/mol. The Labute approximate surface area is 173 Å². The number of aromatic nitrogens is 2. The smallest absolute Gasteiger partial charge is 0.229 e. The van der Waals surface area contributed by atoms with E-state index in [-0.39, 0.29) is 11.8 Å². The van der Waals surface area contributed by atoms with E-state index in [1.807, 2.05) is 60.7 Å². The van der Waals surface area contributed by atoms with Gasteiger partial charge in [-0.2, -0.15) is 0 Å². The van der Waals surface area contributed by atoms with E-state index in [0.717, 1.165) is 46.6 Å². The molecule has 0 bridgehead atoms. The third-order valence-corrected chi connectivity index (χ3v) is 5.42. The van der Waals surface area contributed by atoms with Crippen LogP contribution in [-0.4, -0.2) is 29.0 Å². The van der Waals surface area contributed by atoms with Crippen molar-refractivity contribution in [3.8, 4) is 11.3 Å². The number of halogens is 1. The van der Waals surface area contributed by atoms with Gasteiger partial charge in [0.25, 0.3) is 0 Å². The topological polar surface area (TPSA) is 58.1 Å². The highest BCUT2D eigenvalue weighted by molar-refractivity contribution is 9.10. The normalized spacial score (nSPS) is 16.6. The molecule has 0 aliphatic carbocycles. The van der Waals surface area contributed by atoms with Gasteiger partial charge in [0.05, 0.1) is 11.6 Å². The van der Waals surface area contributed by atoms with Gasteiger partial charge >= 0.3 is 0 Å².